The quantitative estimate of drug-likeness (QED) is 0.792. The maximum Gasteiger partial charge on any atom is 0.332 e. The van der Waals surface area contributed by atoms with Gasteiger partial charge in [0.15, 0.2) is 0 Å². The highest BCUT2D eigenvalue weighted by atomic mass is 79.9. The second-order valence-electron chi connectivity index (χ2n) is 5.02. The fourth-order valence-electron chi connectivity index (χ4n) is 2.54. The zero-order valence-electron chi connectivity index (χ0n) is 11.1. The monoisotopic (exact) mass is 338 g/mol. The van der Waals surface area contributed by atoms with E-state index in [1.165, 1.54) is 4.90 Å². The van der Waals surface area contributed by atoms with E-state index in [2.05, 4.69) is 15.9 Å². The van der Waals surface area contributed by atoms with Crippen LogP contribution in [0.1, 0.15) is 12.8 Å². The van der Waals surface area contributed by atoms with E-state index < -0.39 is 6.04 Å². The lowest BCUT2D eigenvalue weighted by atomic mass is 10.2. The second-order valence-corrected chi connectivity index (χ2v) is 5.87. The van der Waals surface area contributed by atoms with Crippen LogP contribution in [0.15, 0.2) is 28.7 Å². The number of rotatable bonds is 4. The molecule has 1 saturated heterocycles. The van der Waals surface area contributed by atoms with Crippen molar-refractivity contribution in [3.8, 4) is 0 Å². The molecule has 0 aromatic heterocycles. The Morgan fingerprint density at radius 3 is 2.60 bits per heavy atom. The van der Waals surface area contributed by atoms with Crippen molar-refractivity contribution in [2.45, 2.75) is 24.9 Å². The molecule has 3 rings (SSSR count). The summed E-state index contributed by atoms with van der Waals surface area (Å²) in [6.07, 6.45) is 1.92. The molecule has 1 aromatic rings. The molecule has 106 valence electrons. The summed E-state index contributed by atoms with van der Waals surface area (Å²) in [5.74, 6) is -0.212. The van der Waals surface area contributed by atoms with Crippen LogP contribution >= 0.6 is 15.9 Å². The van der Waals surface area contributed by atoms with Gasteiger partial charge in [-0.05, 0) is 40.9 Å². The number of anilines is 1. The molecule has 0 radical (unpaired) electrons. The molecule has 1 saturated carbocycles. The molecule has 1 aromatic carbocycles. The summed E-state index contributed by atoms with van der Waals surface area (Å²) in [5.41, 5.74) is 0.590. The molecule has 2 aliphatic rings. The Morgan fingerprint density at radius 1 is 1.30 bits per heavy atom. The summed E-state index contributed by atoms with van der Waals surface area (Å²) in [7, 11) is 1.55. The van der Waals surface area contributed by atoms with E-state index in [0.717, 1.165) is 17.3 Å². The zero-order valence-corrected chi connectivity index (χ0v) is 12.7. The third kappa shape index (κ3) is 2.13. The van der Waals surface area contributed by atoms with E-state index in [0.29, 0.717) is 5.69 Å². The molecule has 2 fully saturated rings. The van der Waals surface area contributed by atoms with Crippen LogP contribution in [0, 0.1) is 0 Å². The number of halogens is 1. The number of imide groups is 1. The van der Waals surface area contributed by atoms with Gasteiger partial charge in [0.1, 0.15) is 6.04 Å². The predicted octanol–water partition coefficient (Wildman–Crippen LogP) is 2.40. The molecule has 0 N–H and O–H groups in total. The molecule has 1 aliphatic heterocycles. The van der Waals surface area contributed by atoms with Crippen LogP contribution in [0.25, 0.3) is 0 Å². The van der Waals surface area contributed by atoms with Crippen molar-refractivity contribution in [2.24, 2.45) is 0 Å². The van der Waals surface area contributed by atoms with Crippen molar-refractivity contribution in [1.82, 2.24) is 4.90 Å². The van der Waals surface area contributed by atoms with Crippen molar-refractivity contribution >= 4 is 33.6 Å². The Hall–Kier alpha value is -1.40. The van der Waals surface area contributed by atoms with Gasteiger partial charge >= 0.3 is 6.03 Å². The van der Waals surface area contributed by atoms with E-state index in [4.69, 9.17) is 4.74 Å². The van der Waals surface area contributed by atoms with E-state index in [9.17, 15) is 9.59 Å². The maximum atomic E-state index is 12.6. The highest BCUT2D eigenvalue weighted by Gasteiger charge is 2.51. The van der Waals surface area contributed by atoms with Crippen molar-refractivity contribution < 1.29 is 14.3 Å². The molecular formula is C14H15BrN2O3. The van der Waals surface area contributed by atoms with Gasteiger partial charge in [0, 0.05) is 17.6 Å². The van der Waals surface area contributed by atoms with Gasteiger partial charge in [0.25, 0.3) is 5.91 Å². The lowest BCUT2D eigenvalue weighted by Gasteiger charge is -2.20. The number of carbonyl (C=O) groups excluding carboxylic acids is 2. The van der Waals surface area contributed by atoms with Gasteiger partial charge in [-0.1, -0.05) is 12.1 Å². The molecule has 1 atom stereocenters. The molecule has 0 bridgehead atoms. The number of benzene rings is 1. The van der Waals surface area contributed by atoms with Gasteiger partial charge < -0.3 is 9.64 Å². The van der Waals surface area contributed by atoms with E-state index >= 15 is 0 Å². The van der Waals surface area contributed by atoms with Crippen molar-refractivity contribution in [1.29, 1.82) is 0 Å². The molecule has 20 heavy (non-hydrogen) atoms. The highest BCUT2D eigenvalue weighted by Crippen LogP contribution is 2.37. The minimum Gasteiger partial charge on any atom is -0.382 e. The van der Waals surface area contributed by atoms with Crippen LogP contribution in [0.3, 0.4) is 0 Å². The molecule has 1 heterocycles. The molecular weight excluding hydrogens is 324 g/mol. The first-order valence-electron chi connectivity index (χ1n) is 6.55. The van der Waals surface area contributed by atoms with Gasteiger partial charge in [-0.15, -0.1) is 0 Å². The topological polar surface area (TPSA) is 49.9 Å². The number of ether oxygens (including phenoxy) is 1. The SMILES string of the molecule is COCC1C(=O)N(c2ccccc2Br)C(=O)N1C1CC1. The van der Waals surface area contributed by atoms with E-state index in [1.54, 1.807) is 18.1 Å². The smallest absolute Gasteiger partial charge is 0.332 e. The Balaban J connectivity index is 1.97. The summed E-state index contributed by atoms with van der Waals surface area (Å²) in [4.78, 5) is 28.1. The van der Waals surface area contributed by atoms with Gasteiger partial charge in [0.05, 0.1) is 12.3 Å². The number of para-hydroxylation sites is 1. The number of methoxy groups -OCH3 is 1. The fraction of sp³-hybridized carbons (Fsp3) is 0.429. The Morgan fingerprint density at radius 2 is 2.00 bits per heavy atom. The summed E-state index contributed by atoms with van der Waals surface area (Å²) >= 11 is 3.40. The number of nitrogens with zero attached hydrogens (tertiary/aromatic N) is 2. The number of urea groups is 1. The summed E-state index contributed by atoms with van der Waals surface area (Å²) in [6.45, 7) is 0.238. The first-order valence-corrected chi connectivity index (χ1v) is 7.34. The van der Waals surface area contributed by atoms with Crippen molar-refractivity contribution in [3.05, 3.63) is 28.7 Å². The first kappa shape index (κ1) is 13.6. The van der Waals surface area contributed by atoms with Crippen LogP contribution in [0.4, 0.5) is 10.5 Å². The summed E-state index contributed by atoms with van der Waals surface area (Å²) < 4.78 is 5.85. The number of amides is 3. The standard InChI is InChI=1S/C14H15BrN2O3/c1-20-8-12-13(18)17(11-5-3-2-4-10(11)15)14(19)16(12)9-6-7-9/h2-5,9,12H,6-8H2,1H3. The summed E-state index contributed by atoms with van der Waals surface area (Å²) in [5, 5.41) is 0. The lowest BCUT2D eigenvalue weighted by Crippen LogP contribution is -2.39. The summed E-state index contributed by atoms with van der Waals surface area (Å²) in [6, 6.07) is 6.68. The molecule has 1 aliphatic carbocycles. The number of carbonyl (C=O) groups is 2. The van der Waals surface area contributed by atoms with Crippen LogP contribution in [-0.2, 0) is 9.53 Å². The molecule has 6 heteroatoms. The van der Waals surface area contributed by atoms with Crippen LogP contribution in [-0.4, -0.2) is 42.6 Å². The largest absolute Gasteiger partial charge is 0.382 e. The van der Waals surface area contributed by atoms with Crippen molar-refractivity contribution in [2.75, 3.05) is 18.6 Å². The number of hydrogen-bond donors (Lipinski definition) is 0. The normalized spacial score (nSPS) is 22.8. The molecule has 1 unspecified atom stereocenters. The average Bonchev–Trinajstić information content (AvgIpc) is 3.21. The first-order chi connectivity index (χ1) is 9.65. The van der Waals surface area contributed by atoms with Gasteiger partial charge in [-0.25, -0.2) is 9.69 Å². The van der Waals surface area contributed by atoms with E-state index in [-0.39, 0.29) is 24.6 Å². The Bertz CT molecular complexity index is 559. The predicted molar refractivity (Wildman–Crippen MR) is 77.5 cm³/mol. The molecule has 3 amide bonds. The average molecular weight is 339 g/mol. The zero-order chi connectivity index (χ0) is 14.3. The van der Waals surface area contributed by atoms with E-state index in [1.807, 2.05) is 18.2 Å². The maximum absolute atomic E-state index is 12.6. The van der Waals surface area contributed by atoms with Gasteiger partial charge in [-0.2, -0.15) is 0 Å². The third-order valence-electron chi connectivity index (χ3n) is 3.61. The van der Waals surface area contributed by atoms with Crippen LogP contribution in [0.5, 0.6) is 0 Å². The minimum atomic E-state index is -0.507. The highest BCUT2D eigenvalue weighted by molar-refractivity contribution is 9.10. The fourth-order valence-corrected chi connectivity index (χ4v) is 3.00. The molecule has 0 spiro atoms. The van der Waals surface area contributed by atoms with Gasteiger partial charge in [0.2, 0.25) is 0 Å². The van der Waals surface area contributed by atoms with Crippen molar-refractivity contribution in [3.63, 3.8) is 0 Å². The van der Waals surface area contributed by atoms with Crippen LogP contribution < -0.4 is 4.90 Å². The molecule has 5 nitrogen and oxygen atoms in total. The third-order valence-corrected chi connectivity index (χ3v) is 4.28. The Labute approximate surface area is 125 Å². The minimum absolute atomic E-state index is 0.180. The Kier molecular flexibility index (Phi) is 3.52. The number of hydrogen-bond acceptors (Lipinski definition) is 3. The second kappa shape index (κ2) is 5.18. The lowest BCUT2D eigenvalue weighted by molar-refractivity contribution is -0.121. The van der Waals surface area contributed by atoms with Gasteiger partial charge in [-0.3, -0.25) is 4.79 Å². The van der Waals surface area contributed by atoms with Crippen LogP contribution in [0.2, 0.25) is 0 Å².